The maximum Gasteiger partial charge on any atom is 0.337 e. The van der Waals surface area contributed by atoms with E-state index in [4.69, 9.17) is 0 Å². The molecule has 1 N–H and O–H groups in total. The summed E-state index contributed by atoms with van der Waals surface area (Å²) < 4.78 is 26.1. The molecular formula is C12H13F2NO3. The third-order valence-electron chi connectivity index (χ3n) is 2.02. The van der Waals surface area contributed by atoms with Crippen molar-refractivity contribution in [1.82, 2.24) is 5.48 Å². The standard InChI is InChI=1S/C12H13F2NO3/c1-12(2,3)11(17)18-15-10(16)8-6-7(13)4-5-9(8)14/h4-6H,1-3H3,(H,15,16). The number of halogens is 2. The second-order valence-corrected chi connectivity index (χ2v) is 4.69. The van der Waals surface area contributed by atoms with E-state index in [9.17, 15) is 18.4 Å². The average molecular weight is 257 g/mol. The molecule has 1 aromatic carbocycles. The normalized spacial score (nSPS) is 10.9. The van der Waals surface area contributed by atoms with Gasteiger partial charge in [0.05, 0.1) is 11.0 Å². The van der Waals surface area contributed by atoms with Crippen molar-refractivity contribution in [2.24, 2.45) is 5.41 Å². The largest absolute Gasteiger partial charge is 0.340 e. The van der Waals surface area contributed by atoms with Gasteiger partial charge >= 0.3 is 5.97 Å². The van der Waals surface area contributed by atoms with Gasteiger partial charge in [-0.1, -0.05) is 0 Å². The number of hydrogen-bond acceptors (Lipinski definition) is 3. The summed E-state index contributed by atoms with van der Waals surface area (Å²) in [5.74, 6) is -3.37. The van der Waals surface area contributed by atoms with E-state index in [2.05, 4.69) is 4.84 Å². The third-order valence-corrected chi connectivity index (χ3v) is 2.02. The topological polar surface area (TPSA) is 55.4 Å². The molecule has 0 heterocycles. The fraction of sp³-hybridized carbons (Fsp3) is 0.333. The molecule has 0 unspecified atom stereocenters. The molecule has 0 radical (unpaired) electrons. The average Bonchev–Trinajstić information content (AvgIpc) is 2.27. The minimum absolute atomic E-state index is 0.531. The monoisotopic (exact) mass is 257 g/mol. The molecule has 98 valence electrons. The van der Waals surface area contributed by atoms with Gasteiger partial charge in [0.1, 0.15) is 11.6 Å². The van der Waals surface area contributed by atoms with Crippen LogP contribution in [0.3, 0.4) is 0 Å². The van der Waals surface area contributed by atoms with Gasteiger partial charge in [-0.15, -0.1) is 0 Å². The van der Waals surface area contributed by atoms with Crippen LogP contribution in [0.2, 0.25) is 0 Å². The molecule has 0 saturated carbocycles. The molecule has 0 spiro atoms. The zero-order valence-electron chi connectivity index (χ0n) is 10.2. The zero-order chi connectivity index (χ0) is 13.9. The van der Waals surface area contributed by atoms with Gasteiger partial charge in [-0.2, -0.15) is 5.48 Å². The predicted molar refractivity (Wildman–Crippen MR) is 59.4 cm³/mol. The van der Waals surface area contributed by atoms with Gasteiger partial charge in [-0.3, -0.25) is 4.79 Å². The van der Waals surface area contributed by atoms with Gasteiger partial charge in [0.15, 0.2) is 0 Å². The number of hydrogen-bond donors (Lipinski definition) is 1. The molecule has 0 aliphatic carbocycles. The molecular weight excluding hydrogens is 244 g/mol. The van der Waals surface area contributed by atoms with E-state index in [1.807, 2.05) is 0 Å². The van der Waals surface area contributed by atoms with Gasteiger partial charge in [-0.25, -0.2) is 13.6 Å². The number of hydroxylamine groups is 1. The smallest absolute Gasteiger partial charge is 0.337 e. The predicted octanol–water partition coefficient (Wildman–Crippen LogP) is 2.20. The van der Waals surface area contributed by atoms with Crippen molar-refractivity contribution in [2.75, 3.05) is 0 Å². The maximum absolute atomic E-state index is 13.2. The Bertz CT molecular complexity index is 481. The fourth-order valence-electron chi connectivity index (χ4n) is 0.972. The highest BCUT2D eigenvalue weighted by Crippen LogP contribution is 2.15. The van der Waals surface area contributed by atoms with Crippen molar-refractivity contribution in [2.45, 2.75) is 20.8 Å². The highest BCUT2D eigenvalue weighted by atomic mass is 19.1. The SMILES string of the molecule is CC(C)(C)C(=O)ONC(=O)c1cc(F)ccc1F. The van der Waals surface area contributed by atoms with Crippen LogP contribution in [0.4, 0.5) is 8.78 Å². The second-order valence-electron chi connectivity index (χ2n) is 4.69. The van der Waals surface area contributed by atoms with Gasteiger partial charge in [0.25, 0.3) is 5.91 Å². The summed E-state index contributed by atoms with van der Waals surface area (Å²) in [4.78, 5) is 27.3. The number of carbonyl (C=O) groups is 2. The van der Waals surface area contributed by atoms with Crippen LogP contribution in [-0.2, 0) is 9.63 Å². The van der Waals surface area contributed by atoms with Crippen molar-refractivity contribution in [1.29, 1.82) is 0 Å². The van der Waals surface area contributed by atoms with Gasteiger partial charge in [-0.05, 0) is 39.0 Å². The first-order chi connectivity index (χ1) is 8.21. The van der Waals surface area contributed by atoms with Crippen molar-refractivity contribution in [3.05, 3.63) is 35.4 Å². The summed E-state index contributed by atoms with van der Waals surface area (Å²) >= 11 is 0. The minimum atomic E-state index is -1.02. The summed E-state index contributed by atoms with van der Waals surface area (Å²) in [6, 6.07) is 2.42. The van der Waals surface area contributed by atoms with Crippen molar-refractivity contribution in [3.63, 3.8) is 0 Å². The highest BCUT2D eigenvalue weighted by molar-refractivity contribution is 5.94. The van der Waals surface area contributed by atoms with Crippen LogP contribution in [0.15, 0.2) is 18.2 Å². The Morgan fingerprint density at radius 1 is 1.22 bits per heavy atom. The van der Waals surface area contributed by atoms with Crippen LogP contribution in [0.1, 0.15) is 31.1 Å². The quantitative estimate of drug-likeness (QED) is 0.785. The molecule has 0 aromatic heterocycles. The summed E-state index contributed by atoms with van der Waals surface area (Å²) in [5, 5.41) is 0. The minimum Gasteiger partial charge on any atom is -0.340 e. The summed E-state index contributed by atoms with van der Waals surface area (Å²) in [5.41, 5.74) is 0.436. The van der Waals surface area contributed by atoms with E-state index in [0.717, 1.165) is 18.2 Å². The first-order valence-corrected chi connectivity index (χ1v) is 5.18. The van der Waals surface area contributed by atoms with Gasteiger partial charge in [0.2, 0.25) is 0 Å². The molecule has 0 aliphatic heterocycles. The van der Waals surface area contributed by atoms with E-state index in [-0.39, 0.29) is 0 Å². The fourth-order valence-corrected chi connectivity index (χ4v) is 0.972. The van der Waals surface area contributed by atoms with E-state index in [1.54, 1.807) is 26.3 Å². The Balaban J connectivity index is 2.72. The second kappa shape index (κ2) is 5.12. The zero-order valence-corrected chi connectivity index (χ0v) is 10.2. The molecule has 0 bridgehead atoms. The van der Waals surface area contributed by atoms with Crippen LogP contribution < -0.4 is 5.48 Å². The first kappa shape index (κ1) is 14.1. The molecule has 1 rings (SSSR count). The number of nitrogens with one attached hydrogen (secondary N) is 1. The Morgan fingerprint density at radius 2 is 1.83 bits per heavy atom. The molecule has 18 heavy (non-hydrogen) atoms. The summed E-state index contributed by atoms with van der Waals surface area (Å²) in [6.45, 7) is 4.76. The molecule has 4 nitrogen and oxygen atoms in total. The molecule has 6 heteroatoms. The molecule has 1 amide bonds. The lowest BCUT2D eigenvalue weighted by molar-refractivity contribution is -0.158. The van der Waals surface area contributed by atoms with Gasteiger partial charge in [0, 0.05) is 0 Å². The van der Waals surface area contributed by atoms with Crippen LogP contribution in [-0.4, -0.2) is 11.9 Å². The molecule has 1 aromatic rings. The molecule has 0 saturated heterocycles. The number of benzene rings is 1. The molecule has 0 aliphatic rings. The van der Waals surface area contributed by atoms with E-state index in [1.165, 1.54) is 0 Å². The van der Waals surface area contributed by atoms with Crippen LogP contribution >= 0.6 is 0 Å². The lowest BCUT2D eigenvalue weighted by Crippen LogP contribution is -2.33. The van der Waals surface area contributed by atoms with Crippen molar-refractivity contribution < 1.29 is 23.2 Å². The number of amides is 1. The Morgan fingerprint density at radius 3 is 2.39 bits per heavy atom. The Labute approximate surface area is 103 Å². The van der Waals surface area contributed by atoms with Crippen molar-refractivity contribution >= 4 is 11.9 Å². The molecule has 0 fully saturated rings. The van der Waals surface area contributed by atoms with E-state index < -0.39 is 34.5 Å². The van der Waals surface area contributed by atoms with Crippen LogP contribution in [0.25, 0.3) is 0 Å². The lowest BCUT2D eigenvalue weighted by atomic mass is 9.98. The highest BCUT2D eigenvalue weighted by Gasteiger charge is 2.25. The Hall–Kier alpha value is -1.98. The Kier molecular flexibility index (Phi) is 4.00. The molecule has 0 atom stereocenters. The maximum atomic E-state index is 13.2. The van der Waals surface area contributed by atoms with E-state index >= 15 is 0 Å². The summed E-state index contributed by atoms with van der Waals surface area (Å²) in [6.07, 6.45) is 0. The third kappa shape index (κ3) is 3.51. The van der Waals surface area contributed by atoms with Crippen molar-refractivity contribution in [3.8, 4) is 0 Å². The van der Waals surface area contributed by atoms with Crippen LogP contribution in [0.5, 0.6) is 0 Å². The first-order valence-electron chi connectivity index (χ1n) is 5.18. The number of rotatable bonds is 1. The summed E-state index contributed by atoms with van der Waals surface area (Å²) in [7, 11) is 0. The van der Waals surface area contributed by atoms with Gasteiger partial charge < -0.3 is 4.84 Å². The van der Waals surface area contributed by atoms with Crippen LogP contribution in [0, 0.1) is 17.0 Å². The van der Waals surface area contributed by atoms with E-state index in [0.29, 0.717) is 0 Å². The lowest BCUT2D eigenvalue weighted by Gasteiger charge is -2.15. The number of carbonyl (C=O) groups excluding carboxylic acids is 2.